The van der Waals surface area contributed by atoms with Gasteiger partial charge in [-0.15, -0.1) is 0 Å². The summed E-state index contributed by atoms with van der Waals surface area (Å²) in [6.45, 7) is 2.19. The van der Waals surface area contributed by atoms with Crippen molar-refractivity contribution in [3.63, 3.8) is 0 Å². The smallest absolute Gasteiger partial charge is 0.141 e. The normalized spacial score (nSPS) is 22.8. The molecule has 18 heavy (non-hydrogen) atoms. The lowest BCUT2D eigenvalue weighted by Crippen LogP contribution is -2.44. The zero-order valence-corrected chi connectivity index (χ0v) is 10.8. The van der Waals surface area contributed by atoms with E-state index in [1.54, 1.807) is 20.2 Å². The number of pyridine rings is 1. The molecule has 0 bridgehead atoms. The van der Waals surface area contributed by atoms with Crippen molar-refractivity contribution in [2.24, 2.45) is 0 Å². The van der Waals surface area contributed by atoms with Crippen LogP contribution in [0.4, 0.5) is 0 Å². The summed E-state index contributed by atoms with van der Waals surface area (Å²) in [5.41, 5.74) is 2.01. The Labute approximate surface area is 107 Å². The number of aromatic hydroxyl groups is 1. The van der Waals surface area contributed by atoms with Crippen molar-refractivity contribution in [1.82, 2.24) is 10.3 Å². The summed E-state index contributed by atoms with van der Waals surface area (Å²) in [5.74, 6) is 0.177. The maximum Gasteiger partial charge on any atom is 0.141 e. The third-order valence-electron chi connectivity index (χ3n) is 3.60. The number of methoxy groups -OCH3 is 1. The number of aryl methyl sites for hydroxylation is 1. The Morgan fingerprint density at radius 3 is 2.83 bits per heavy atom. The minimum absolute atomic E-state index is 0.108. The van der Waals surface area contributed by atoms with Crippen LogP contribution in [0.2, 0.25) is 0 Å². The van der Waals surface area contributed by atoms with Gasteiger partial charge in [0, 0.05) is 37.0 Å². The zero-order chi connectivity index (χ0) is 13.1. The van der Waals surface area contributed by atoms with Crippen LogP contribution in [0.5, 0.6) is 5.75 Å². The Hall–Kier alpha value is -1.17. The van der Waals surface area contributed by atoms with Gasteiger partial charge in [-0.2, -0.15) is 0 Å². The Kier molecular flexibility index (Phi) is 4.16. The van der Waals surface area contributed by atoms with Crippen molar-refractivity contribution in [2.45, 2.75) is 45.1 Å². The molecular formula is C13H20N2O3. The Morgan fingerprint density at radius 1 is 1.50 bits per heavy atom. The summed E-state index contributed by atoms with van der Waals surface area (Å²) in [4.78, 5) is 4.04. The van der Waals surface area contributed by atoms with Gasteiger partial charge in [-0.1, -0.05) is 0 Å². The molecule has 5 heteroatoms. The topological polar surface area (TPSA) is 74.6 Å². The van der Waals surface area contributed by atoms with Crippen LogP contribution in [0.1, 0.15) is 29.7 Å². The Balaban J connectivity index is 1.98. The number of ether oxygens (including phenoxy) is 1. The van der Waals surface area contributed by atoms with Gasteiger partial charge in [0.15, 0.2) is 0 Å². The van der Waals surface area contributed by atoms with E-state index in [4.69, 9.17) is 4.74 Å². The number of rotatable bonds is 5. The molecule has 2 rings (SSSR count). The third kappa shape index (κ3) is 2.63. The van der Waals surface area contributed by atoms with Crippen molar-refractivity contribution < 1.29 is 14.9 Å². The van der Waals surface area contributed by atoms with E-state index >= 15 is 0 Å². The van der Waals surface area contributed by atoms with Crippen LogP contribution in [-0.2, 0) is 17.9 Å². The quantitative estimate of drug-likeness (QED) is 0.724. The summed E-state index contributed by atoms with van der Waals surface area (Å²) in [5, 5.41) is 22.6. The van der Waals surface area contributed by atoms with Gasteiger partial charge in [0.05, 0.1) is 18.4 Å². The second-order valence-corrected chi connectivity index (χ2v) is 4.76. The molecule has 1 saturated carbocycles. The molecule has 1 heterocycles. The monoisotopic (exact) mass is 252 g/mol. The largest absolute Gasteiger partial charge is 0.506 e. The van der Waals surface area contributed by atoms with Gasteiger partial charge in [-0.25, -0.2) is 0 Å². The van der Waals surface area contributed by atoms with Crippen molar-refractivity contribution in [3.8, 4) is 5.75 Å². The van der Waals surface area contributed by atoms with E-state index in [0.29, 0.717) is 29.9 Å². The van der Waals surface area contributed by atoms with Crippen LogP contribution < -0.4 is 5.32 Å². The van der Waals surface area contributed by atoms with Crippen LogP contribution >= 0.6 is 0 Å². The fraction of sp³-hybridized carbons (Fsp3) is 0.615. The van der Waals surface area contributed by atoms with Gasteiger partial charge < -0.3 is 20.3 Å². The molecule has 1 fully saturated rings. The third-order valence-corrected chi connectivity index (χ3v) is 3.60. The molecular weight excluding hydrogens is 232 g/mol. The highest BCUT2D eigenvalue weighted by Crippen LogP contribution is 2.26. The van der Waals surface area contributed by atoms with Gasteiger partial charge in [-0.3, -0.25) is 4.98 Å². The standard InChI is InChI=1S/C13H20N2O3/c1-8-13(17)12(9(7-16)5-14-8)6-15-10-3-11(4-10)18-2/h5,10-11,15-17H,3-4,6-7H2,1-2H3. The van der Waals surface area contributed by atoms with E-state index < -0.39 is 0 Å². The van der Waals surface area contributed by atoms with Crippen molar-refractivity contribution in [2.75, 3.05) is 7.11 Å². The molecule has 1 aliphatic carbocycles. The predicted molar refractivity (Wildman–Crippen MR) is 67.2 cm³/mol. The van der Waals surface area contributed by atoms with E-state index in [1.165, 1.54) is 0 Å². The molecule has 0 saturated heterocycles. The Bertz CT molecular complexity index is 417. The van der Waals surface area contributed by atoms with Gasteiger partial charge >= 0.3 is 0 Å². The molecule has 0 atom stereocenters. The second kappa shape index (κ2) is 5.65. The number of hydrogen-bond acceptors (Lipinski definition) is 5. The van der Waals surface area contributed by atoms with Crippen LogP contribution in [0.25, 0.3) is 0 Å². The van der Waals surface area contributed by atoms with Crippen molar-refractivity contribution in [3.05, 3.63) is 23.0 Å². The summed E-state index contributed by atoms with van der Waals surface area (Å²) >= 11 is 0. The number of hydrogen-bond donors (Lipinski definition) is 3. The molecule has 0 amide bonds. The summed E-state index contributed by atoms with van der Waals surface area (Å²) in [6, 6.07) is 0.425. The minimum Gasteiger partial charge on any atom is -0.506 e. The van der Waals surface area contributed by atoms with E-state index in [9.17, 15) is 10.2 Å². The summed E-state index contributed by atoms with van der Waals surface area (Å²) in [7, 11) is 1.73. The van der Waals surface area contributed by atoms with E-state index in [0.717, 1.165) is 18.4 Å². The van der Waals surface area contributed by atoms with Crippen LogP contribution in [0.15, 0.2) is 6.20 Å². The van der Waals surface area contributed by atoms with Gasteiger partial charge in [0.25, 0.3) is 0 Å². The number of aliphatic hydroxyl groups is 1. The van der Waals surface area contributed by atoms with Crippen molar-refractivity contribution in [1.29, 1.82) is 0 Å². The van der Waals surface area contributed by atoms with E-state index in [2.05, 4.69) is 10.3 Å². The molecule has 5 nitrogen and oxygen atoms in total. The first kappa shape index (κ1) is 13.3. The first-order valence-corrected chi connectivity index (χ1v) is 6.19. The molecule has 100 valence electrons. The first-order valence-electron chi connectivity index (χ1n) is 6.19. The van der Waals surface area contributed by atoms with Crippen LogP contribution in [-0.4, -0.2) is 34.5 Å². The van der Waals surface area contributed by atoms with Gasteiger partial charge in [0.2, 0.25) is 0 Å². The summed E-state index contributed by atoms with van der Waals surface area (Å²) < 4.78 is 5.22. The predicted octanol–water partition coefficient (Wildman–Crippen LogP) is 0.855. The summed E-state index contributed by atoms with van der Waals surface area (Å²) in [6.07, 6.45) is 3.96. The molecule has 0 radical (unpaired) electrons. The minimum atomic E-state index is -0.108. The molecule has 1 aromatic heterocycles. The molecule has 0 spiro atoms. The lowest BCUT2D eigenvalue weighted by Gasteiger charge is -2.35. The SMILES string of the molecule is COC1CC(NCc2c(CO)cnc(C)c2O)C1. The van der Waals surface area contributed by atoms with E-state index in [1.807, 2.05) is 0 Å². The molecule has 0 aromatic carbocycles. The lowest BCUT2D eigenvalue weighted by molar-refractivity contribution is 0.0169. The molecule has 0 unspecified atom stereocenters. The number of aliphatic hydroxyl groups excluding tert-OH is 1. The van der Waals surface area contributed by atoms with E-state index in [-0.39, 0.29) is 12.4 Å². The lowest BCUT2D eigenvalue weighted by atomic mass is 9.89. The van der Waals surface area contributed by atoms with Crippen LogP contribution in [0, 0.1) is 6.92 Å². The molecule has 1 aliphatic rings. The zero-order valence-electron chi connectivity index (χ0n) is 10.8. The number of nitrogens with zero attached hydrogens (tertiary/aromatic N) is 1. The molecule has 1 aromatic rings. The maximum absolute atomic E-state index is 9.97. The average Bonchev–Trinajstić information content (AvgIpc) is 2.32. The molecule has 3 N–H and O–H groups in total. The number of aromatic nitrogens is 1. The highest BCUT2D eigenvalue weighted by atomic mass is 16.5. The fourth-order valence-corrected chi connectivity index (χ4v) is 2.19. The highest BCUT2D eigenvalue weighted by Gasteiger charge is 2.28. The first-order chi connectivity index (χ1) is 8.65. The van der Waals surface area contributed by atoms with Crippen LogP contribution in [0.3, 0.4) is 0 Å². The average molecular weight is 252 g/mol. The fourth-order valence-electron chi connectivity index (χ4n) is 2.19. The molecule has 0 aliphatic heterocycles. The Morgan fingerprint density at radius 2 is 2.22 bits per heavy atom. The highest BCUT2D eigenvalue weighted by molar-refractivity contribution is 5.40. The second-order valence-electron chi connectivity index (χ2n) is 4.76. The number of nitrogens with one attached hydrogen (secondary N) is 1. The van der Waals surface area contributed by atoms with Crippen molar-refractivity contribution >= 4 is 0 Å². The van der Waals surface area contributed by atoms with Gasteiger partial charge in [-0.05, 0) is 19.8 Å². The van der Waals surface area contributed by atoms with Gasteiger partial charge in [0.1, 0.15) is 5.75 Å². The maximum atomic E-state index is 9.97.